The van der Waals surface area contributed by atoms with Gasteiger partial charge in [-0.05, 0) is 36.8 Å². The van der Waals surface area contributed by atoms with Crippen LogP contribution in [-0.4, -0.2) is 75.6 Å². The summed E-state index contributed by atoms with van der Waals surface area (Å²) in [5, 5.41) is 1.77. The lowest BCUT2D eigenvalue weighted by atomic mass is 10.1. The van der Waals surface area contributed by atoms with Gasteiger partial charge in [-0.3, -0.25) is 0 Å². The Morgan fingerprint density at radius 3 is 1.27 bits per heavy atom. The fourth-order valence-corrected chi connectivity index (χ4v) is 8.51. The average molecular weight is 591 g/mol. The molecule has 2 aliphatic heterocycles. The Bertz CT molecular complexity index is 1270. The van der Waals surface area contributed by atoms with E-state index in [-0.39, 0.29) is 37.7 Å². The van der Waals surface area contributed by atoms with Crippen molar-refractivity contribution in [1.29, 1.82) is 0 Å². The van der Waals surface area contributed by atoms with Gasteiger partial charge in [0.15, 0.2) is 19.7 Å². The lowest BCUT2D eigenvalue weighted by Gasteiger charge is -2.30. The molecular weight excluding hydrogens is 556 g/mol. The third-order valence-corrected chi connectivity index (χ3v) is 11.5. The number of hydrogen-bond acceptors (Lipinski definition) is 10. The van der Waals surface area contributed by atoms with Crippen LogP contribution in [0.3, 0.4) is 0 Å². The number of hydrogen-bond donors (Lipinski definition) is 0. The lowest BCUT2D eigenvalue weighted by molar-refractivity contribution is -0.190. The van der Waals surface area contributed by atoms with Gasteiger partial charge in [0.2, 0.25) is 0 Å². The van der Waals surface area contributed by atoms with E-state index in [0.717, 1.165) is 23.3 Å². The highest BCUT2D eigenvalue weighted by molar-refractivity contribution is 7.91. The van der Waals surface area contributed by atoms with Gasteiger partial charge in [-0.2, -0.15) is 0 Å². The van der Waals surface area contributed by atoms with E-state index in [1.807, 2.05) is 12.1 Å². The summed E-state index contributed by atoms with van der Waals surface area (Å²) in [6.45, 7) is 1.07. The van der Waals surface area contributed by atoms with Crippen molar-refractivity contribution < 1.29 is 36.1 Å². The number of nitrogens with zero attached hydrogens (tertiary/aromatic N) is 2. The van der Waals surface area contributed by atoms with Gasteiger partial charge in [0.1, 0.15) is 0 Å². The number of hydroxylamine groups is 4. The molecule has 0 bridgehead atoms. The van der Waals surface area contributed by atoms with Crippen molar-refractivity contribution in [3.05, 3.63) is 83.9 Å². The molecule has 0 aromatic heterocycles. The molecule has 216 valence electrons. The van der Waals surface area contributed by atoms with E-state index < -0.39 is 42.1 Å². The molecule has 4 rings (SSSR count). The normalized spacial score (nSPS) is 18.5. The van der Waals surface area contributed by atoms with Crippen molar-refractivity contribution in [1.82, 2.24) is 10.1 Å². The maximum absolute atomic E-state index is 12.7. The second-order valence-corrected chi connectivity index (χ2v) is 14.6. The van der Waals surface area contributed by atoms with Gasteiger partial charge in [0.25, 0.3) is 0 Å². The van der Waals surface area contributed by atoms with Gasteiger partial charge < -0.3 is 9.68 Å². The molecule has 0 unspecified atom stereocenters. The van der Waals surface area contributed by atoms with Crippen LogP contribution in [-0.2, 0) is 50.4 Å². The topological polar surface area (TPSA) is 127 Å². The highest BCUT2D eigenvalue weighted by Crippen LogP contribution is 2.23. The van der Waals surface area contributed by atoms with E-state index in [1.54, 1.807) is 48.5 Å². The van der Waals surface area contributed by atoms with Crippen LogP contribution in [0.1, 0.15) is 36.8 Å². The Labute approximate surface area is 235 Å². The second kappa shape index (κ2) is 13.5. The van der Waals surface area contributed by atoms with Crippen molar-refractivity contribution in [3.63, 3.8) is 0 Å². The summed E-state index contributed by atoms with van der Waals surface area (Å²) in [7, 11) is -6.66. The molecule has 2 aliphatic rings. The zero-order valence-corrected chi connectivity index (χ0v) is 23.8. The number of sulfone groups is 2. The SMILES string of the molecule is O=C(/C=C\C(=O)ON1CCC(S(=O)(=O)Cc2ccccc2)CC1)ON1CCC(S(=O)(=O)Cc2ccccc2)CC1. The quantitative estimate of drug-likeness (QED) is 0.381. The number of carbonyl (C=O) groups is 2. The largest absolute Gasteiger partial charge is 0.364 e. The lowest BCUT2D eigenvalue weighted by Crippen LogP contribution is -2.40. The van der Waals surface area contributed by atoms with E-state index in [1.165, 1.54) is 10.1 Å². The zero-order valence-electron chi connectivity index (χ0n) is 22.1. The molecule has 0 amide bonds. The monoisotopic (exact) mass is 590 g/mol. The fourth-order valence-electron chi connectivity index (χ4n) is 4.87. The first kappa shape index (κ1) is 29.9. The predicted octanol–water partition coefficient (Wildman–Crippen LogP) is 2.62. The summed E-state index contributed by atoms with van der Waals surface area (Å²) in [6.07, 6.45) is 3.27. The first-order valence-electron chi connectivity index (χ1n) is 13.2. The van der Waals surface area contributed by atoms with Gasteiger partial charge >= 0.3 is 11.9 Å². The molecule has 40 heavy (non-hydrogen) atoms. The Morgan fingerprint density at radius 1 is 0.625 bits per heavy atom. The molecule has 10 nitrogen and oxygen atoms in total. The summed E-state index contributed by atoms with van der Waals surface area (Å²) in [4.78, 5) is 34.8. The molecule has 2 aromatic carbocycles. The maximum atomic E-state index is 12.7. The van der Waals surface area contributed by atoms with Crippen molar-refractivity contribution in [2.24, 2.45) is 0 Å². The number of carbonyl (C=O) groups excluding carboxylic acids is 2. The molecule has 0 aliphatic carbocycles. The molecule has 0 N–H and O–H groups in total. The number of rotatable bonds is 10. The van der Waals surface area contributed by atoms with Crippen molar-refractivity contribution in [2.75, 3.05) is 26.2 Å². The summed E-state index contributed by atoms with van der Waals surface area (Å²) in [5.74, 6) is -1.59. The van der Waals surface area contributed by atoms with Crippen molar-refractivity contribution >= 4 is 31.6 Å². The molecule has 2 aromatic rings. The Hall–Kier alpha value is -3.06. The van der Waals surface area contributed by atoms with E-state index in [4.69, 9.17) is 9.68 Å². The van der Waals surface area contributed by atoms with Gasteiger partial charge in [-0.1, -0.05) is 60.7 Å². The minimum Gasteiger partial charge on any atom is -0.364 e. The van der Waals surface area contributed by atoms with Gasteiger partial charge in [0, 0.05) is 38.3 Å². The first-order chi connectivity index (χ1) is 19.1. The smallest absolute Gasteiger partial charge is 0.349 e. The Balaban J connectivity index is 1.15. The minimum atomic E-state index is -3.33. The van der Waals surface area contributed by atoms with Crippen molar-refractivity contribution in [3.8, 4) is 0 Å². The molecule has 0 radical (unpaired) electrons. The van der Waals surface area contributed by atoms with E-state index in [9.17, 15) is 26.4 Å². The summed E-state index contributed by atoms with van der Waals surface area (Å²) < 4.78 is 51.0. The van der Waals surface area contributed by atoms with Crippen LogP contribution >= 0.6 is 0 Å². The fraction of sp³-hybridized carbons (Fsp3) is 0.429. The molecule has 0 saturated carbocycles. The van der Waals surface area contributed by atoms with Crippen molar-refractivity contribution in [2.45, 2.75) is 47.7 Å². The number of piperidine rings is 2. The summed E-state index contributed by atoms with van der Waals surface area (Å²) in [6, 6.07) is 18.0. The predicted molar refractivity (Wildman–Crippen MR) is 149 cm³/mol. The summed E-state index contributed by atoms with van der Waals surface area (Å²) in [5.41, 5.74) is 1.48. The number of benzene rings is 2. The van der Waals surface area contributed by atoms with Gasteiger partial charge in [-0.15, -0.1) is 10.1 Å². The molecule has 2 fully saturated rings. The van der Waals surface area contributed by atoms with E-state index in [2.05, 4.69) is 0 Å². The first-order valence-corrected chi connectivity index (χ1v) is 16.7. The second-order valence-electron chi connectivity index (χ2n) is 10.00. The highest BCUT2D eigenvalue weighted by Gasteiger charge is 2.32. The van der Waals surface area contributed by atoms with Crippen LogP contribution in [0.25, 0.3) is 0 Å². The molecular formula is C28H34N2O8S2. The van der Waals surface area contributed by atoms with Gasteiger partial charge in [0.05, 0.1) is 22.0 Å². The third kappa shape index (κ3) is 8.72. The molecule has 12 heteroatoms. The van der Waals surface area contributed by atoms with Crippen LogP contribution < -0.4 is 0 Å². The standard InChI is InChI=1S/C28H34N2O8S2/c31-27(37-29-17-13-25(14-18-29)39(33,34)21-23-7-3-1-4-8-23)11-12-28(32)38-30-19-15-26(16-20-30)40(35,36)22-24-9-5-2-6-10-24/h1-12,25-26H,13-22H2/b12-11-. The average Bonchev–Trinajstić information content (AvgIpc) is 2.93. The summed E-state index contributed by atoms with van der Waals surface area (Å²) >= 11 is 0. The molecule has 2 heterocycles. The Kier molecular flexibility index (Phi) is 10.1. The van der Waals surface area contributed by atoms with Gasteiger partial charge in [-0.25, -0.2) is 26.4 Å². The Morgan fingerprint density at radius 2 is 0.950 bits per heavy atom. The highest BCUT2D eigenvalue weighted by atomic mass is 32.2. The molecule has 0 spiro atoms. The maximum Gasteiger partial charge on any atom is 0.349 e. The van der Waals surface area contributed by atoms with Crippen LogP contribution in [0.15, 0.2) is 72.8 Å². The molecule has 0 atom stereocenters. The molecule has 2 saturated heterocycles. The zero-order chi connectivity index (χ0) is 28.6. The van der Waals surface area contributed by atoms with Crippen LogP contribution in [0.4, 0.5) is 0 Å². The third-order valence-electron chi connectivity index (χ3n) is 7.03. The van der Waals surface area contributed by atoms with Crippen LogP contribution in [0.2, 0.25) is 0 Å². The van der Waals surface area contributed by atoms with Crippen LogP contribution in [0.5, 0.6) is 0 Å². The van der Waals surface area contributed by atoms with Crippen LogP contribution in [0, 0.1) is 0 Å². The minimum absolute atomic E-state index is 0.0235. The van der Waals surface area contributed by atoms with E-state index in [0.29, 0.717) is 25.7 Å². The van der Waals surface area contributed by atoms with E-state index >= 15 is 0 Å².